The van der Waals surface area contributed by atoms with Gasteiger partial charge in [-0.3, -0.25) is 4.79 Å². The van der Waals surface area contributed by atoms with E-state index in [2.05, 4.69) is 10.5 Å². The predicted octanol–water partition coefficient (Wildman–Crippen LogP) is 2.64. The van der Waals surface area contributed by atoms with Gasteiger partial charge in [0.1, 0.15) is 11.5 Å². The van der Waals surface area contributed by atoms with Gasteiger partial charge in [-0.2, -0.15) is 5.10 Å². The number of phenolic OH excluding ortho intramolecular Hbond substituents is 2. The molecular formula is C16H16N2O3. The van der Waals surface area contributed by atoms with Crippen molar-refractivity contribution in [2.75, 3.05) is 0 Å². The molecule has 0 atom stereocenters. The van der Waals surface area contributed by atoms with Crippen molar-refractivity contribution in [2.45, 2.75) is 13.3 Å². The molecule has 5 heteroatoms. The largest absolute Gasteiger partial charge is 0.508 e. The molecular weight excluding hydrogens is 268 g/mol. The lowest BCUT2D eigenvalue weighted by Gasteiger charge is -2.07. The molecule has 0 saturated carbocycles. The number of hydrogen-bond acceptors (Lipinski definition) is 4. The molecule has 21 heavy (non-hydrogen) atoms. The van der Waals surface area contributed by atoms with Crippen molar-refractivity contribution in [1.82, 2.24) is 5.43 Å². The summed E-state index contributed by atoms with van der Waals surface area (Å²) in [6.07, 6.45) is 0.553. The molecule has 108 valence electrons. The van der Waals surface area contributed by atoms with Gasteiger partial charge in [-0.25, -0.2) is 5.43 Å². The first-order valence-electron chi connectivity index (χ1n) is 6.56. The summed E-state index contributed by atoms with van der Waals surface area (Å²) < 4.78 is 0. The molecule has 1 amide bonds. The van der Waals surface area contributed by atoms with Gasteiger partial charge in [-0.05, 0) is 36.8 Å². The molecule has 0 aliphatic heterocycles. The maximum atomic E-state index is 11.9. The van der Waals surface area contributed by atoms with E-state index in [0.29, 0.717) is 23.3 Å². The standard InChI is InChI=1S/C16H16N2O3/c1-2-14(13-8-3-4-9-15(13)20)17-18-16(21)11-6-5-7-12(19)10-11/h3-10,19-20H,2H2,1H3,(H,18,21). The van der Waals surface area contributed by atoms with Crippen molar-refractivity contribution in [3.05, 3.63) is 59.7 Å². The molecule has 2 rings (SSSR count). The number of hydrazone groups is 1. The van der Waals surface area contributed by atoms with Gasteiger partial charge in [0, 0.05) is 11.1 Å². The van der Waals surface area contributed by atoms with Gasteiger partial charge in [0.25, 0.3) is 5.91 Å². The van der Waals surface area contributed by atoms with Crippen molar-refractivity contribution >= 4 is 11.6 Å². The molecule has 0 aliphatic rings. The van der Waals surface area contributed by atoms with Crippen LogP contribution in [0.3, 0.4) is 0 Å². The summed E-state index contributed by atoms with van der Waals surface area (Å²) >= 11 is 0. The number of rotatable bonds is 4. The lowest BCUT2D eigenvalue weighted by atomic mass is 10.1. The summed E-state index contributed by atoms with van der Waals surface area (Å²) in [4.78, 5) is 11.9. The van der Waals surface area contributed by atoms with E-state index in [0.717, 1.165) is 0 Å². The second kappa shape index (κ2) is 6.56. The molecule has 0 spiro atoms. The van der Waals surface area contributed by atoms with Gasteiger partial charge in [-0.15, -0.1) is 0 Å². The second-order valence-electron chi connectivity index (χ2n) is 4.42. The van der Waals surface area contributed by atoms with E-state index in [1.165, 1.54) is 12.1 Å². The van der Waals surface area contributed by atoms with Gasteiger partial charge in [0.15, 0.2) is 0 Å². The van der Waals surface area contributed by atoms with Crippen LogP contribution in [0.2, 0.25) is 0 Å². The Morgan fingerprint density at radius 3 is 2.57 bits per heavy atom. The molecule has 5 nitrogen and oxygen atoms in total. The van der Waals surface area contributed by atoms with E-state index < -0.39 is 5.91 Å². The number of carbonyl (C=O) groups excluding carboxylic acids is 1. The van der Waals surface area contributed by atoms with Gasteiger partial charge in [0.2, 0.25) is 0 Å². The molecule has 0 bridgehead atoms. The minimum atomic E-state index is -0.424. The number of amides is 1. The number of nitrogens with zero attached hydrogens (tertiary/aromatic N) is 1. The zero-order valence-electron chi connectivity index (χ0n) is 11.6. The number of para-hydroxylation sites is 1. The third-order valence-corrected chi connectivity index (χ3v) is 2.95. The molecule has 0 heterocycles. The molecule has 3 N–H and O–H groups in total. The average Bonchev–Trinajstić information content (AvgIpc) is 2.49. The van der Waals surface area contributed by atoms with Crippen LogP contribution in [0.15, 0.2) is 53.6 Å². The fourth-order valence-electron chi connectivity index (χ4n) is 1.88. The van der Waals surface area contributed by atoms with Crippen LogP contribution in [-0.2, 0) is 0 Å². The fourth-order valence-corrected chi connectivity index (χ4v) is 1.88. The van der Waals surface area contributed by atoms with Gasteiger partial charge in [-0.1, -0.05) is 25.1 Å². The molecule has 0 radical (unpaired) electrons. The minimum Gasteiger partial charge on any atom is -0.508 e. The lowest BCUT2D eigenvalue weighted by Crippen LogP contribution is -2.19. The lowest BCUT2D eigenvalue weighted by molar-refractivity contribution is 0.0954. The van der Waals surface area contributed by atoms with Crippen LogP contribution in [-0.4, -0.2) is 21.8 Å². The van der Waals surface area contributed by atoms with Crippen molar-refractivity contribution in [2.24, 2.45) is 5.10 Å². The molecule has 0 aliphatic carbocycles. The van der Waals surface area contributed by atoms with Crippen LogP contribution in [0.4, 0.5) is 0 Å². The predicted molar refractivity (Wildman–Crippen MR) is 80.5 cm³/mol. The van der Waals surface area contributed by atoms with Gasteiger partial charge < -0.3 is 10.2 Å². The van der Waals surface area contributed by atoms with Crippen molar-refractivity contribution in [3.8, 4) is 11.5 Å². The Balaban J connectivity index is 2.19. The SMILES string of the molecule is CCC(=NNC(=O)c1cccc(O)c1)c1ccccc1O. The number of benzene rings is 2. The first-order chi connectivity index (χ1) is 10.1. The van der Waals surface area contributed by atoms with E-state index in [4.69, 9.17) is 0 Å². The van der Waals surface area contributed by atoms with Gasteiger partial charge >= 0.3 is 0 Å². The Morgan fingerprint density at radius 2 is 1.90 bits per heavy atom. The summed E-state index contributed by atoms with van der Waals surface area (Å²) in [6, 6.07) is 12.8. The van der Waals surface area contributed by atoms with Crippen LogP contribution < -0.4 is 5.43 Å². The highest BCUT2D eigenvalue weighted by molar-refractivity contribution is 6.03. The Labute approximate surface area is 122 Å². The van der Waals surface area contributed by atoms with Crippen LogP contribution in [0.5, 0.6) is 11.5 Å². The second-order valence-corrected chi connectivity index (χ2v) is 4.42. The van der Waals surface area contributed by atoms with Gasteiger partial charge in [0.05, 0.1) is 5.71 Å². The summed E-state index contributed by atoms with van der Waals surface area (Å²) in [5.41, 5.74) is 3.89. The Hall–Kier alpha value is -2.82. The number of aromatic hydroxyl groups is 2. The van der Waals surface area contributed by atoms with E-state index in [-0.39, 0.29) is 11.5 Å². The highest BCUT2D eigenvalue weighted by Crippen LogP contribution is 2.18. The van der Waals surface area contributed by atoms with E-state index in [1.807, 2.05) is 6.92 Å². The number of nitrogens with one attached hydrogen (secondary N) is 1. The smallest absolute Gasteiger partial charge is 0.271 e. The van der Waals surface area contributed by atoms with Crippen LogP contribution in [0.25, 0.3) is 0 Å². The zero-order valence-corrected chi connectivity index (χ0v) is 11.6. The first kappa shape index (κ1) is 14.6. The highest BCUT2D eigenvalue weighted by Gasteiger charge is 2.09. The monoisotopic (exact) mass is 284 g/mol. The average molecular weight is 284 g/mol. The maximum Gasteiger partial charge on any atom is 0.271 e. The third-order valence-electron chi connectivity index (χ3n) is 2.95. The summed E-state index contributed by atoms with van der Waals surface area (Å²) in [7, 11) is 0. The molecule has 0 fully saturated rings. The summed E-state index contributed by atoms with van der Waals surface area (Å²) in [5.74, 6) is -0.292. The third kappa shape index (κ3) is 3.60. The quantitative estimate of drug-likeness (QED) is 0.596. The van der Waals surface area contributed by atoms with Crippen LogP contribution in [0, 0.1) is 0 Å². The van der Waals surface area contributed by atoms with Crippen LogP contribution >= 0.6 is 0 Å². The van der Waals surface area contributed by atoms with Crippen LogP contribution in [0.1, 0.15) is 29.3 Å². The topological polar surface area (TPSA) is 81.9 Å². The molecule has 2 aromatic rings. The van der Waals surface area contributed by atoms with Crippen molar-refractivity contribution in [3.63, 3.8) is 0 Å². The van der Waals surface area contributed by atoms with Crippen molar-refractivity contribution < 1.29 is 15.0 Å². The highest BCUT2D eigenvalue weighted by atomic mass is 16.3. The Bertz CT molecular complexity index is 681. The first-order valence-corrected chi connectivity index (χ1v) is 6.56. The molecule has 0 saturated heterocycles. The zero-order chi connectivity index (χ0) is 15.2. The number of hydrogen-bond donors (Lipinski definition) is 3. The summed E-state index contributed by atoms with van der Waals surface area (Å²) in [5, 5.41) is 23.2. The van der Waals surface area contributed by atoms with E-state index in [1.54, 1.807) is 36.4 Å². The summed E-state index contributed by atoms with van der Waals surface area (Å²) in [6.45, 7) is 1.88. The fraction of sp³-hybridized carbons (Fsp3) is 0.125. The number of carbonyl (C=O) groups is 1. The molecule has 2 aromatic carbocycles. The van der Waals surface area contributed by atoms with Crippen molar-refractivity contribution in [1.29, 1.82) is 0 Å². The Morgan fingerprint density at radius 1 is 1.14 bits per heavy atom. The molecule has 0 aromatic heterocycles. The minimum absolute atomic E-state index is 0.0167. The van der Waals surface area contributed by atoms with E-state index >= 15 is 0 Å². The van der Waals surface area contributed by atoms with E-state index in [9.17, 15) is 15.0 Å². The normalized spacial score (nSPS) is 11.2. The molecule has 0 unspecified atom stereocenters. The number of phenols is 2. The maximum absolute atomic E-state index is 11.9. The Kier molecular flexibility index (Phi) is 4.56.